The Hall–Kier alpha value is -0.630. The van der Waals surface area contributed by atoms with Gasteiger partial charge < -0.3 is 5.11 Å². The first-order chi connectivity index (χ1) is 5.63. The number of ketones is 1. The van der Waals surface area contributed by atoms with E-state index in [4.69, 9.17) is 0 Å². The van der Waals surface area contributed by atoms with Crippen molar-refractivity contribution in [1.82, 2.24) is 0 Å². The van der Waals surface area contributed by atoms with Crippen LogP contribution < -0.4 is 0 Å². The van der Waals surface area contributed by atoms with Crippen molar-refractivity contribution in [1.29, 1.82) is 0 Å². The van der Waals surface area contributed by atoms with Gasteiger partial charge in [0, 0.05) is 11.8 Å². The van der Waals surface area contributed by atoms with E-state index in [9.17, 15) is 9.90 Å². The Kier molecular flexibility index (Phi) is 1.62. The molecule has 2 nitrogen and oxygen atoms in total. The predicted molar refractivity (Wildman–Crippen MR) is 45.7 cm³/mol. The van der Waals surface area contributed by atoms with Crippen LogP contribution in [0.15, 0.2) is 11.6 Å². The van der Waals surface area contributed by atoms with Gasteiger partial charge in [0.1, 0.15) is 0 Å². The Morgan fingerprint density at radius 3 is 3.08 bits per heavy atom. The van der Waals surface area contributed by atoms with Gasteiger partial charge in [-0.25, -0.2) is 0 Å². The first-order valence-corrected chi connectivity index (χ1v) is 4.55. The van der Waals surface area contributed by atoms with Gasteiger partial charge in [0.05, 0.1) is 6.10 Å². The van der Waals surface area contributed by atoms with Crippen LogP contribution >= 0.6 is 0 Å². The molecule has 2 aliphatic carbocycles. The van der Waals surface area contributed by atoms with Crippen LogP contribution in [0.4, 0.5) is 0 Å². The molecule has 0 aliphatic heterocycles. The number of carbonyl (C=O) groups is 1. The maximum atomic E-state index is 11.2. The van der Waals surface area contributed by atoms with Crippen LogP contribution in [0.5, 0.6) is 0 Å². The average molecular weight is 166 g/mol. The summed E-state index contributed by atoms with van der Waals surface area (Å²) in [6, 6.07) is 0. The number of hydrogen-bond acceptors (Lipinski definition) is 2. The SMILES string of the molecule is C[C@@]12CC(=O)C=C1CCC[C@@H]2O. The third kappa shape index (κ3) is 0.944. The number of rotatable bonds is 0. The van der Waals surface area contributed by atoms with Gasteiger partial charge in [-0.15, -0.1) is 0 Å². The van der Waals surface area contributed by atoms with Gasteiger partial charge in [-0.05, 0) is 25.3 Å². The van der Waals surface area contributed by atoms with Crippen molar-refractivity contribution in [3.8, 4) is 0 Å². The smallest absolute Gasteiger partial charge is 0.156 e. The fourth-order valence-electron chi connectivity index (χ4n) is 2.38. The summed E-state index contributed by atoms with van der Waals surface area (Å²) in [7, 11) is 0. The van der Waals surface area contributed by atoms with Crippen LogP contribution in [0.1, 0.15) is 32.6 Å². The predicted octanol–water partition coefficient (Wildman–Crippen LogP) is 1.44. The van der Waals surface area contributed by atoms with Gasteiger partial charge >= 0.3 is 0 Å². The van der Waals surface area contributed by atoms with Gasteiger partial charge in [-0.3, -0.25) is 4.79 Å². The molecule has 1 N–H and O–H groups in total. The van der Waals surface area contributed by atoms with Crippen molar-refractivity contribution >= 4 is 5.78 Å². The maximum Gasteiger partial charge on any atom is 0.156 e. The second kappa shape index (κ2) is 2.43. The summed E-state index contributed by atoms with van der Waals surface area (Å²) in [6.45, 7) is 2.01. The van der Waals surface area contributed by atoms with E-state index >= 15 is 0 Å². The standard InChI is InChI=1S/C10H14O2/c1-10-6-8(11)5-7(10)3-2-4-9(10)12/h5,9,12H,2-4,6H2,1H3/t9-,10+/m0/s1. The molecule has 1 saturated carbocycles. The zero-order chi connectivity index (χ0) is 8.77. The highest BCUT2D eigenvalue weighted by Crippen LogP contribution is 2.47. The minimum Gasteiger partial charge on any atom is -0.392 e. The largest absolute Gasteiger partial charge is 0.392 e. The first-order valence-electron chi connectivity index (χ1n) is 4.55. The average Bonchev–Trinajstić information content (AvgIpc) is 2.27. The normalized spacial score (nSPS) is 41.0. The molecule has 2 atom stereocenters. The molecule has 2 aliphatic rings. The van der Waals surface area contributed by atoms with Crippen molar-refractivity contribution in [2.75, 3.05) is 0 Å². The van der Waals surface area contributed by atoms with Gasteiger partial charge in [0.15, 0.2) is 5.78 Å². The Morgan fingerprint density at radius 2 is 2.42 bits per heavy atom. The highest BCUT2D eigenvalue weighted by Gasteiger charge is 2.44. The molecule has 0 aromatic carbocycles. The summed E-state index contributed by atoms with van der Waals surface area (Å²) in [5.41, 5.74) is 0.959. The molecule has 0 amide bonds. The lowest BCUT2D eigenvalue weighted by Crippen LogP contribution is -2.35. The van der Waals surface area contributed by atoms with Crippen molar-refractivity contribution in [3.63, 3.8) is 0 Å². The van der Waals surface area contributed by atoms with E-state index in [-0.39, 0.29) is 17.3 Å². The molecule has 66 valence electrons. The van der Waals surface area contributed by atoms with E-state index in [1.54, 1.807) is 6.08 Å². The fraction of sp³-hybridized carbons (Fsp3) is 0.700. The molecule has 0 unspecified atom stereocenters. The van der Waals surface area contributed by atoms with E-state index in [0.717, 1.165) is 19.3 Å². The molecule has 1 fully saturated rings. The zero-order valence-corrected chi connectivity index (χ0v) is 7.34. The van der Waals surface area contributed by atoms with E-state index in [0.29, 0.717) is 6.42 Å². The number of hydrogen-bond donors (Lipinski definition) is 1. The number of carbonyl (C=O) groups excluding carboxylic acids is 1. The summed E-state index contributed by atoms with van der Waals surface area (Å²) in [4.78, 5) is 11.2. The topological polar surface area (TPSA) is 37.3 Å². The third-order valence-electron chi connectivity index (χ3n) is 3.27. The second-order valence-electron chi connectivity index (χ2n) is 4.14. The zero-order valence-electron chi connectivity index (χ0n) is 7.34. The van der Waals surface area contributed by atoms with Gasteiger partial charge in [-0.2, -0.15) is 0 Å². The van der Waals surface area contributed by atoms with E-state index in [2.05, 4.69) is 0 Å². The Bertz CT molecular complexity index is 255. The molecule has 0 spiro atoms. The summed E-state index contributed by atoms with van der Waals surface area (Å²) < 4.78 is 0. The van der Waals surface area contributed by atoms with Crippen LogP contribution in [-0.4, -0.2) is 17.0 Å². The quantitative estimate of drug-likeness (QED) is 0.591. The summed E-state index contributed by atoms with van der Waals surface area (Å²) in [6.07, 6.45) is 4.83. The third-order valence-corrected chi connectivity index (χ3v) is 3.27. The maximum absolute atomic E-state index is 11.2. The molecule has 0 saturated heterocycles. The van der Waals surface area contributed by atoms with Crippen molar-refractivity contribution in [3.05, 3.63) is 11.6 Å². The minimum atomic E-state index is -0.302. The number of aliphatic hydroxyl groups excluding tert-OH is 1. The monoisotopic (exact) mass is 166 g/mol. The second-order valence-corrected chi connectivity index (χ2v) is 4.14. The molecule has 0 aromatic heterocycles. The van der Waals surface area contributed by atoms with Crippen LogP contribution in [-0.2, 0) is 4.79 Å². The lowest BCUT2D eigenvalue weighted by molar-refractivity contribution is -0.116. The minimum absolute atomic E-state index is 0.188. The Morgan fingerprint density at radius 1 is 1.67 bits per heavy atom. The fourth-order valence-corrected chi connectivity index (χ4v) is 2.38. The van der Waals surface area contributed by atoms with Crippen LogP contribution in [0.25, 0.3) is 0 Å². The van der Waals surface area contributed by atoms with Gasteiger partial charge in [-0.1, -0.05) is 12.5 Å². The Balaban J connectivity index is 2.34. The summed E-state index contributed by atoms with van der Waals surface area (Å²) in [5, 5.41) is 9.76. The highest BCUT2D eigenvalue weighted by atomic mass is 16.3. The lowest BCUT2D eigenvalue weighted by atomic mass is 9.71. The molecule has 0 radical (unpaired) electrons. The summed E-state index contributed by atoms with van der Waals surface area (Å²) >= 11 is 0. The van der Waals surface area contributed by atoms with Crippen molar-refractivity contribution < 1.29 is 9.90 Å². The molecular formula is C10H14O2. The highest BCUT2D eigenvalue weighted by molar-refractivity contribution is 5.94. The van der Waals surface area contributed by atoms with E-state index in [1.807, 2.05) is 6.92 Å². The number of fused-ring (bicyclic) bond motifs is 1. The van der Waals surface area contributed by atoms with E-state index < -0.39 is 0 Å². The molecule has 2 rings (SSSR count). The van der Waals surface area contributed by atoms with Gasteiger partial charge in [0.25, 0.3) is 0 Å². The molecule has 0 bridgehead atoms. The number of allylic oxidation sites excluding steroid dienone is 1. The summed E-state index contributed by atoms with van der Waals surface area (Å²) in [5.74, 6) is 0.188. The lowest BCUT2D eigenvalue weighted by Gasteiger charge is -2.36. The van der Waals surface area contributed by atoms with Crippen LogP contribution in [0.2, 0.25) is 0 Å². The van der Waals surface area contributed by atoms with E-state index in [1.165, 1.54) is 5.57 Å². The molecule has 0 aromatic rings. The van der Waals surface area contributed by atoms with Crippen LogP contribution in [0, 0.1) is 5.41 Å². The van der Waals surface area contributed by atoms with Crippen LogP contribution in [0.3, 0.4) is 0 Å². The molecule has 12 heavy (non-hydrogen) atoms. The van der Waals surface area contributed by atoms with Crippen molar-refractivity contribution in [2.24, 2.45) is 5.41 Å². The first kappa shape index (κ1) is 7.99. The van der Waals surface area contributed by atoms with Crippen molar-refractivity contribution in [2.45, 2.75) is 38.7 Å². The van der Waals surface area contributed by atoms with Gasteiger partial charge in [0.2, 0.25) is 0 Å². The molecule has 2 heteroatoms. The molecule has 0 heterocycles. The Labute approximate surface area is 72.3 Å². The molecular weight excluding hydrogens is 152 g/mol. The number of aliphatic hydroxyl groups is 1.